The molecule has 3 aliphatic heterocycles. The lowest BCUT2D eigenvalue weighted by molar-refractivity contribution is -0.172. The van der Waals surface area contributed by atoms with Crippen molar-refractivity contribution < 1.29 is 32.5 Å². The van der Waals surface area contributed by atoms with Crippen molar-refractivity contribution in [2.75, 3.05) is 25.3 Å². The second-order valence-electron chi connectivity index (χ2n) is 9.90. The van der Waals surface area contributed by atoms with Gasteiger partial charge in [0.2, 0.25) is 6.79 Å². The first kappa shape index (κ1) is 24.8. The van der Waals surface area contributed by atoms with E-state index in [2.05, 4.69) is 5.32 Å². The standard InChI is InChI=1S/C26H27N3O8S/c1-3-26(32)18-8-20-23-16(11-29(20)24(30)17(18)12-35-25(26)31)15(10-27-5-4-6-38(2,33)34)14-7-21-22(37-13-36-21)9-19(14)28-23/h7-9,27,32H,3-6,10-13H2,1-2H3/t26-/m0/s1. The predicted molar refractivity (Wildman–Crippen MR) is 137 cm³/mol. The van der Waals surface area contributed by atoms with E-state index in [1.54, 1.807) is 23.6 Å². The summed E-state index contributed by atoms with van der Waals surface area (Å²) < 4.78 is 40.9. The van der Waals surface area contributed by atoms with Gasteiger partial charge in [0.15, 0.2) is 17.1 Å². The predicted octanol–water partition coefficient (Wildman–Crippen LogP) is 1.33. The molecule has 0 aliphatic carbocycles. The minimum Gasteiger partial charge on any atom is -0.458 e. The van der Waals surface area contributed by atoms with Gasteiger partial charge in [-0.2, -0.15) is 0 Å². The average Bonchev–Trinajstić information content (AvgIpc) is 3.48. The number of benzene rings is 1. The monoisotopic (exact) mass is 541 g/mol. The van der Waals surface area contributed by atoms with Gasteiger partial charge < -0.3 is 29.2 Å². The van der Waals surface area contributed by atoms with Crippen LogP contribution in [0, 0.1) is 0 Å². The quantitative estimate of drug-likeness (QED) is 0.260. The summed E-state index contributed by atoms with van der Waals surface area (Å²) in [5.41, 5.74) is 1.76. The molecule has 0 saturated carbocycles. The van der Waals surface area contributed by atoms with Crippen LogP contribution in [0.4, 0.5) is 0 Å². The number of nitrogens with one attached hydrogen (secondary N) is 1. The number of ether oxygens (including phenoxy) is 3. The Labute approximate surface area is 218 Å². The van der Waals surface area contributed by atoms with Gasteiger partial charge in [-0.25, -0.2) is 18.2 Å². The number of nitrogens with zero attached hydrogens (tertiary/aromatic N) is 2. The lowest BCUT2D eigenvalue weighted by Gasteiger charge is -2.31. The van der Waals surface area contributed by atoms with Crippen LogP contribution in [0.3, 0.4) is 0 Å². The molecule has 12 heteroatoms. The van der Waals surface area contributed by atoms with Crippen LogP contribution < -0.4 is 20.3 Å². The maximum absolute atomic E-state index is 13.6. The number of esters is 1. The van der Waals surface area contributed by atoms with Gasteiger partial charge >= 0.3 is 5.97 Å². The number of hydrogen-bond donors (Lipinski definition) is 2. The molecular weight excluding hydrogens is 514 g/mol. The number of hydrogen-bond acceptors (Lipinski definition) is 10. The van der Waals surface area contributed by atoms with Crippen molar-refractivity contribution in [3.63, 3.8) is 0 Å². The van der Waals surface area contributed by atoms with E-state index in [1.165, 1.54) is 6.26 Å². The number of cyclic esters (lactones) is 1. The molecule has 0 amide bonds. The van der Waals surface area contributed by atoms with Crippen LogP contribution in [0.2, 0.25) is 0 Å². The number of rotatable bonds is 7. The Hall–Kier alpha value is -3.48. The first-order chi connectivity index (χ1) is 18.1. The lowest BCUT2D eigenvalue weighted by atomic mass is 9.86. The molecule has 0 unspecified atom stereocenters. The first-order valence-corrected chi connectivity index (χ1v) is 14.5. The summed E-state index contributed by atoms with van der Waals surface area (Å²) in [4.78, 5) is 30.9. The fourth-order valence-electron chi connectivity index (χ4n) is 5.43. The van der Waals surface area contributed by atoms with Crippen LogP contribution in [0.5, 0.6) is 11.5 Å². The summed E-state index contributed by atoms with van der Waals surface area (Å²) in [6.07, 6.45) is 1.74. The van der Waals surface area contributed by atoms with Gasteiger partial charge in [0.1, 0.15) is 16.4 Å². The van der Waals surface area contributed by atoms with Crippen molar-refractivity contribution in [2.45, 2.75) is 45.1 Å². The van der Waals surface area contributed by atoms with Gasteiger partial charge in [0, 0.05) is 35.4 Å². The molecule has 5 heterocycles. The zero-order valence-corrected chi connectivity index (χ0v) is 21.8. The van der Waals surface area contributed by atoms with Crippen LogP contribution in [-0.4, -0.2) is 54.4 Å². The molecule has 0 saturated heterocycles. The molecule has 2 N–H and O–H groups in total. The highest BCUT2D eigenvalue weighted by atomic mass is 32.2. The molecule has 2 aromatic heterocycles. The molecular formula is C26H27N3O8S. The highest BCUT2D eigenvalue weighted by Gasteiger charge is 2.45. The van der Waals surface area contributed by atoms with Crippen LogP contribution in [0.25, 0.3) is 22.3 Å². The molecule has 0 bridgehead atoms. The van der Waals surface area contributed by atoms with E-state index in [-0.39, 0.29) is 48.8 Å². The first-order valence-electron chi connectivity index (χ1n) is 12.4. The van der Waals surface area contributed by atoms with E-state index in [0.717, 1.165) is 16.5 Å². The van der Waals surface area contributed by atoms with Gasteiger partial charge in [0.25, 0.3) is 5.56 Å². The minimum absolute atomic E-state index is 0.0614. The second-order valence-corrected chi connectivity index (χ2v) is 12.2. The largest absolute Gasteiger partial charge is 0.458 e. The summed E-state index contributed by atoms with van der Waals surface area (Å²) in [6.45, 7) is 2.73. The number of aromatic nitrogens is 2. The van der Waals surface area contributed by atoms with E-state index in [1.807, 2.05) is 6.07 Å². The zero-order chi connectivity index (χ0) is 26.8. The van der Waals surface area contributed by atoms with Crippen LogP contribution in [0.15, 0.2) is 23.0 Å². The molecule has 3 aromatic rings. The van der Waals surface area contributed by atoms with E-state index in [4.69, 9.17) is 19.2 Å². The van der Waals surface area contributed by atoms with Gasteiger partial charge in [-0.15, -0.1) is 0 Å². The SMILES string of the molecule is CC[C@@]1(O)C(=O)OCc2c1cc1n(c2=O)Cc2c-1nc1cc3c(cc1c2CNCCCS(C)(=O)=O)OCO3. The van der Waals surface area contributed by atoms with Gasteiger partial charge in [-0.3, -0.25) is 4.79 Å². The van der Waals surface area contributed by atoms with Crippen LogP contribution >= 0.6 is 0 Å². The maximum atomic E-state index is 13.6. The van der Waals surface area contributed by atoms with Gasteiger partial charge in [-0.05, 0) is 37.1 Å². The Morgan fingerprint density at radius 2 is 1.89 bits per heavy atom. The Morgan fingerprint density at radius 1 is 1.13 bits per heavy atom. The topological polar surface area (TPSA) is 146 Å². The summed E-state index contributed by atoms with van der Waals surface area (Å²) >= 11 is 0. The molecule has 0 spiro atoms. The zero-order valence-electron chi connectivity index (χ0n) is 21.0. The Morgan fingerprint density at radius 3 is 2.63 bits per heavy atom. The van der Waals surface area contributed by atoms with Crippen molar-refractivity contribution >= 4 is 26.7 Å². The van der Waals surface area contributed by atoms with Crippen LogP contribution in [0.1, 0.15) is 42.0 Å². The molecule has 1 aromatic carbocycles. The third-order valence-corrected chi connectivity index (χ3v) is 8.50. The van der Waals surface area contributed by atoms with E-state index in [9.17, 15) is 23.1 Å². The van der Waals surface area contributed by atoms with Crippen molar-refractivity contribution in [2.24, 2.45) is 0 Å². The molecule has 0 radical (unpaired) electrons. The van der Waals surface area contributed by atoms with E-state index in [0.29, 0.717) is 47.9 Å². The van der Waals surface area contributed by atoms with E-state index >= 15 is 0 Å². The fourth-order valence-corrected chi connectivity index (χ4v) is 6.10. The summed E-state index contributed by atoms with van der Waals surface area (Å²) in [6, 6.07) is 5.35. The van der Waals surface area contributed by atoms with Gasteiger partial charge in [-0.1, -0.05) is 6.92 Å². The fraction of sp³-hybridized carbons (Fsp3) is 0.423. The lowest BCUT2D eigenvalue weighted by Crippen LogP contribution is -2.44. The molecule has 3 aliphatic rings. The van der Waals surface area contributed by atoms with E-state index < -0.39 is 21.4 Å². The number of fused-ring (bicyclic) bond motifs is 6. The average molecular weight is 542 g/mol. The van der Waals surface area contributed by atoms with Crippen molar-refractivity contribution in [1.82, 2.24) is 14.9 Å². The molecule has 6 rings (SSSR count). The molecule has 1 atom stereocenters. The Kier molecular flexibility index (Phi) is 5.74. The summed E-state index contributed by atoms with van der Waals surface area (Å²) in [7, 11) is -3.06. The number of pyridine rings is 2. The molecule has 38 heavy (non-hydrogen) atoms. The Bertz CT molecular complexity index is 1680. The third kappa shape index (κ3) is 3.86. The summed E-state index contributed by atoms with van der Waals surface area (Å²) in [5.74, 6) is 0.486. The minimum atomic E-state index is -3.06. The molecule has 0 fully saturated rings. The maximum Gasteiger partial charge on any atom is 0.343 e. The highest BCUT2D eigenvalue weighted by molar-refractivity contribution is 7.90. The van der Waals surface area contributed by atoms with Crippen LogP contribution in [-0.2, 0) is 44.7 Å². The number of aliphatic hydroxyl groups is 1. The normalized spacial score (nSPS) is 19.3. The third-order valence-electron chi connectivity index (χ3n) is 7.47. The highest BCUT2D eigenvalue weighted by Crippen LogP contribution is 2.43. The number of carbonyl (C=O) groups excluding carboxylic acids is 1. The smallest absolute Gasteiger partial charge is 0.343 e. The summed E-state index contributed by atoms with van der Waals surface area (Å²) in [5, 5.41) is 15.3. The van der Waals surface area contributed by atoms with Crippen molar-refractivity contribution in [3.05, 3.63) is 50.8 Å². The van der Waals surface area contributed by atoms with Crippen molar-refractivity contribution in [1.29, 1.82) is 0 Å². The Balaban J connectivity index is 1.48. The van der Waals surface area contributed by atoms with Gasteiger partial charge in [0.05, 0.1) is 34.8 Å². The van der Waals surface area contributed by atoms with Crippen molar-refractivity contribution in [3.8, 4) is 22.9 Å². The molecule has 11 nitrogen and oxygen atoms in total. The second kappa shape index (κ2) is 8.79. The number of sulfone groups is 1. The number of carbonyl (C=O) groups is 1. The molecule has 200 valence electrons.